The summed E-state index contributed by atoms with van der Waals surface area (Å²) >= 11 is 0. The molecule has 0 radical (unpaired) electrons. The van der Waals surface area contributed by atoms with Crippen molar-refractivity contribution in [1.29, 1.82) is 0 Å². The highest BCUT2D eigenvalue weighted by Crippen LogP contribution is 2.70. The molecular weight excluding hydrogens is 396 g/mol. The van der Waals surface area contributed by atoms with Gasteiger partial charge in [-0.3, -0.25) is 4.79 Å². The van der Waals surface area contributed by atoms with Crippen LogP contribution in [-0.2, 0) is 9.53 Å². The number of ketones is 1. The highest BCUT2D eigenvalue weighted by atomic mass is 16.5. The third-order valence-corrected chi connectivity index (χ3v) is 12.3. The predicted octanol–water partition coefficient (Wildman–Crippen LogP) is 6.42. The molecule has 0 aromatic rings. The Hall–Kier alpha value is -0.410. The van der Waals surface area contributed by atoms with Crippen LogP contribution in [0.1, 0.15) is 106 Å². The van der Waals surface area contributed by atoms with Crippen LogP contribution >= 0.6 is 0 Å². The van der Waals surface area contributed by atoms with Gasteiger partial charge in [-0.05, 0) is 99.2 Å². The molecule has 1 heterocycles. The maximum Gasteiger partial charge on any atom is 0.139 e. The van der Waals surface area contributed by atoms with Crippen molar-refractivity contribution in [1.82, 2.24) is 0 Å². The van der Waals surface area contributed by atoms with E-state index in [0.29, 0.717) is 41.3 Å². The zero-order valence-electron chi connectivity index (χ0n) is 21.5. The van der Waals surface area contributed by atoms with Crippen LogP contribution in [0.2, 0.25) is 0 Å². The summed E-state index contributed by atoms with van der Waals surface area (Å²) in [5.74, 6) is 4.41. The highest BCUT2D eigenvalue weighted by molar-refractivity contribution is 5.87. The monoisotopic (exact) mass is 444 g/mol. The second-order valence-electron chi connectivity index (χ2n) is 13.6. The van der Waals surface area contributed by atoms with E-state index in [4.69, 9.17) is 4.74 Å². The Balaban J connectivity index is 1.40. The lowest BCUT2D eigenvalue weighted by Gasteiger charge is -2.60. The Morgan fingerprint density at radius 2 is 1.88 bits per heavy atom. The zero-order chi connectivity index (χ0) is 23.1. The van der Waals surface area contributed by atoms with Gasteiger partial charge in [0.05, 0.1) is 17.8 Å². The molecule has 1 saturated heterocycles. The van der Waals surface area contributed by atoms with Crippen LogP contribution in [0.4, 0.5) is 0 Å². The number of rotatable bonds is 4. The average molecular weight is 445 g/mol. The summed E-state index contributed by atoms with van der Waals surface area (Å²) < 4.78 is 6.93. The maximum atomic E-state index is 14.0. The van der Waals surface area contributed by atoms with E-state index in [1.165, 1.54) is 25.7 Å². The van der Waals surface area contributed by atoms with Crippen molar-refractivity contribution in [2.45, 2.75) is 124 Å². The molecule has 5 aliphatic rings. The van der Waals surface area contributed by atoms with E-state index >= 15 is 0 Å². The number of aliphatic hydroxyl groups is 1. The Morgan fingerprint density at radius 1 is 1.12 bits per heavy atom. The van der Waals surface area contributed by atoms with Crippen LogP contribution in [0.15, 0.2) is 0 Å². The zero-order valence-corrected chi connectivity index (χ0v) is 21.5. The highest BCUT2D eigenvalue weighted by Gasteiger charge is 2.70. The molecule has 4 aliphatic carbocycles. The molecule has 1 aliphatic heterocycles. The standard InChI is InChI=1S/C29H48O3/c1-7-17(2)10-13-28(5)18(3)26-24(32-28)15-23-21-9-8-19-14-20(30)11-12-27(19,4)22(21)16-25(31)29(23,26)6/h17-24,26,30H,7-16H2,1-6H3/t17?,18-,19-,20+,21?,22?,23?,24?,26?,27-,28?,29+/m0/s1. The van der Waals surface area contributed by atoms with Gasteiger partial charge in [-0.15, -0.1) is 0 Å². The van der Waals surface area contributed by atoms with Crippen molar-refractivity contribution in [3.8, 4) is 0 Å². The van der Waals surface area contributed by atoms with Gasteiger partial charge in [-0.2, -0.15) is 0 Å². The quantitative estimate of drug-likeness (QED) is 0.544. The molecule has 0 bridgehead atoms. The number of ether oxygens (including phenoxy) is 1. The molecule has 4 saturated carbocycles. The van der Waals surface area contributed by atoms with Gasteiger partial charge in [-0.1, -0.05) is 41.0 Å². The van der Waals surface area contributed by atoms with Gasteiger partial charge in [0.1, 0.15) is 5.78 Å². The number of carbonyl (C=O) groups is 1. The first-order valence-corrected chi connectivity index (χ1v) is 13.9. The van der Waals surface area contributed by atoms with Crippen molar-refractivity contribution in [3.63, 3.8) is 0 Å². The first kappa shape index (κ1) is 23.3. The van der Waals surface area contributed by atoms with Crippen molar-refractivity contribution in [2.75, 3.05) is 0 Å². The smallest absolute Gasteiger partial charge is 0.139 e. The molecule has 0 aromatic carbocycles. The molecular formula is C29H48O3. The van der Waals surface area contributed by atoms with Gasteiger partial charge in [-0.25, -0.2) is 0 Å². The van der Waals surface area contributed by atoms with Gasteiger partial charge in [0, 0.05) is 17.8 Å². The number of aliphatic hydroxyl groups excluding tert-OH is 1. The average Bonchev–Trinajstić information content (AvgIpc) is 3.19. The van der Waals surface area contributed by atoms with Crippen LogP contribution in [-0.4, -0.2) is 28.7 Å². The molecule has 3 nitrogen and oxygen atoms in total. The number of hydrogen-bond acceptors (Lipinski definition) is 3. The first-order chi connectivity index (χ1) is 15.0. The van der Waals surface area contributed by atoms with Crippen molar-refractivity contribution in [3.05, 3.63) is 0 Å². The number of hydrogen-bond donors (Lipinski definition) is 1. The Morgan fingerprint density at radius 3 is 2.59 bits per heavy atom. The van der Waals surface area contributed by atoms with Crippen LogP contribution in [0.25, 0.3) is 0 Å². The van der Waals surface area contributed by atoms with Gasteiger partial charge in [0.25, 0.3) is 0 Å². The molecule has 182 valence electrons. The fourth-order valence-electron chi connectivity index (χ4n) is 9.81. The minimum Gasteiger partial charge on any atom is -0.393 e. The van der Waals surface area contributed by atoms with E-state index in [2.05, 4.69) is 41.5 Å². The lowest BCUT2D eigenvalue weighted by molar-refractivity contribution is -0.161. The molecule has 1 N–H and O–H groups in total. The molecule has 7 unspecified atom stereocenters. The molecule has 32 heavy (non-hydrogen) atoms. The van der Waals surface area contributed by atoms with E-state index in [1.54, 1.807) is 0 Å². The maximum absolute atomic E-state index is 14.0. The van der Waals surface area contributed by atoms with Crippen molar-refractivity contribution < 1.29 is 14.6 Å². The summed E-state index contributed by atoms with van der Waals surface area (Å²) in [7, 11) is 0. The topological polar surface area (TPSA) is 46.5 Å². The number of Topliss-reactive ketones (excluding diaryl/α,β-unsaturated/α-hetero) is 1. The minimum absolute atomic E-state index is 0.0764. The summed E-state index contributed by atoms with van der Waals surface area (Å²) in [6.07, 6.45) is 11.1. The molecule has 0 aromatic heterocycles. The van der Waals surface area contributed by atoms with Crippen LogP contribution in [0.5, 0.6) is 0 Å². The number of fused-ring (bicyclic) bond motifs is 7. The van der Waals surface area contributed by atoms with Gasteiger partial charge in [0.15, 0.2) is 0 Å². The fraction of sp³-hybridized carbons (Fsp3) is 0.966. The lowest BCUT2D eigenvalue weighted by Crippen LogP contribution is -2.58. The predicted molar refractivity (Wildman–Crippen MR) is 128 cm³/mol. The van der Waals surface area contributed by atoms with Crippen molar-refractivity contribution in [2.24, 2.45) is 52.3 Å². The minimum atomic E-state index is -0.198. The van der Waals surface area contributed by atoms with E-state index in [-0.39, 0.29) is 28.6 Å². The molecule has 3 heteroatoms. The largest absolute Gasteiger partial charge is 0.393 e. The summed E-state index contributed by atoms with van der Waals surface area (Å²) in [6, 6.07) is 0. The summed E-state index contributed by atoms with van der Waals surface area (Å²) in [4.78, 5) is 14.0. The fourth-order valence-corrected chi connectivity index (χ4v) is 9.81. The van der Waals surface area contributed by atoms with Gasteiger partial charge in [0.2, 0.25) is 0 Å². The van der Waals surface area contributed by atoms with E-state index in [1.807, 2.05) is 0 Å². The summed E-state index contributed by atoms with van der Waals surface area (Å²) in [6.45, 7) is 14.2. The molecule has 12 atom stereocenters. The van der Waals surface area contributed by atoms with Crippen LogP contribution in [0, 0.1) is 52.3 Å². The first-order valence-electron chi connectivity index (χ1n) is 13.9. The van der Waals surface area contributed by atoms with Gasteiger partial charge < -0.3 is 9.84 Å². The number of carbonyl (C=O) groups excluding carboxylic acids is 1. The van der Waals surface area contributed by atoms with Crippen molar-refractivity contribution >= 4 is 5.78 Å². The summed E-state index contributed by atoms with van der Waals surface area (Å²) in [5.41, 5.74) is -0.0299. The Kier molecular flexibility index (Phi) is 5.69. The molecule has 5 fully saturated rings. The van der Waals surface area contributed by atoms with Crippen LogP contribution < -0.4 is 0 Å². The van der Waals surface area contributed by atoms with E-state index in [0.717, 1.165) is 44.4 Å². The normalized spacial score (nSPS) is 55.7. The molecule has 0 spiro atoms. The second-order valence-corrected chi connectivity index (χ2v) is 13.6. The molecule has 0 amide bonds. The van der Waals surface area contributed by atoms with E-state index < -0.39 is 0 Å². The van der Waals surface area contributed by atoms with Gasteiger partial charge >= 0.3 is 0 Å². The third-order valence-electron chi connectivity index (χ3n) is 12.3. The second kappa shape index (κ2) is 7.80. The Labute approximate surface area is 196 Å². The third kappa shape index (κ3) is 3.15. The summed E-state index contributed by atoms with van der Waals surface area (Å²) in [5, 5.41) is 10.3. The van der Waals surface area contributed by atoms with Crippen LogP contribution in [0.3, 0.4) is 0 Å². The lowest BCUT2D eigenvalue weighted by atomic mass is 9.44. The SMILES string of the molecule is CCC(C)CCC1(C)OC2CC3C4CC[C@H]5C[C@H](O)CC[C@]5(C)C4CC(=O)[C@]3(C)C2[C@@H]1C. The van der Waals surface area contributed by atoms with E-state index in [9.17, 15) is 9.90 Å². The molecule has 5 rings (SSSR count). The Bertz CT molecular complexity index is 749.